The average Bonchev–Trinajstić information content (AvgIpc) is 3.27. The van der Waals surface area contributed by atoms with Crippen LogP contribution in [-0.4, -0.2) is 60.6 Å². The Labute approximate surface area is 158 Å². The minimum atomic E-state index is -3.70. The molecule has 0 atom stereocenters. The van der Waals surface area contributed by atoms with E-state index in [2.05, 4.69) is 14.8 Å². The molecular formula is C18H17F2N3O5. The Morgan fingerprint density at radius 3 is 2.54 bits per heavy atom. The van der Waals surface area contributed by atoms with Crippen LogP contribution in [0.1, 0.15) is 10.6 Å². The van der Waals surface area contributed by atoms with E-state index in [0.717, 1.165) is 0 Å². The van der Waals surface area contributed by atoms with E-state index in [1.165, 1.54) is 24.5 Å². The van der Waals surface area contributed by atoms with Gasteiger partial charge in [-0.25, -0.2) is 0 Å². The summed E-state index contributed by atoms with van der Waals surface area (Å²) in [7, 11) is 0. The van der Waals surface area contributed by atoms with Crippen molar-refractivity contribution in [1.82, 2.24) is 9.80 Å². The number of piperazine rings is 1. The van der Waals surface area contributed by atoms with Gasteiger partial charge in [-0.15, -0.1) is 8.78 Å². The van der Waals surface area contributed by atoms with Crippen molar-refractivity contribution in [3.8, 4) is 11.5 Å². The van der Waals surface area contributed by atoms with E-state index >= 15 is 0 Å². The number of nitrogens with one attached hydrogen (secondary N) is 1. The minimum Gasteiger partial charge on any atom is -0.459 e. The first-order chi connectivity index (χ1) is 13.4. The first kappa shape index (κ1) is 18.2. The molecule has 3 heterocycles. The number of carbonyl (C=O) groups is 2. The van der Waals surface area contributed by atoms with Crippen LogP contribution in [0, 0.1) is 0 Å². The van der Waals surface area contributed by atoms with Gasteiger partial charge in [0.25, 0.3) is 5.91 Å². The summed E-state index contributed by atoms with van der Waals surface area (Å²) in [5, 5.41) is 2.65. The summed E-state index contributed by atoms with van der Waals surface area (Å²) in [5.74, 6) is -0.393. The van der Waals surface area contributed by atoms with Crippen LogP contribution in [0.4, 0.5) is 14.5 Å². The van der Waals surface area contributed by atoms with Crippen LogP contribution in [0.3, 0.4) is 0 Å². The predicted octanol–water partition coefficient (Wildman–Crippen LogP) is 2.00. The molecule has 1 saturated heterocycles. The summed E-state index contributed by atoms with van der Waals surface area (Å²) < 4.78 is 39.9. The number of carbonyl (C=O) groups excluding carboxylic acids is 2. The third-order valence-electron chi connectivity index (χ3n) is 4.44. The van der Waals surface area contributed by atoms with Crippen LogP contribution in [0.5, 0.6) is 11.5 Å². The van der Waals surface area contributed by atoms with Gasteiger partial charge in [0.05, 0.1) is 12.8 Å². The summed E-state index contributed by atoms with van der Waals surface area (Å²) in [6.45, 7) is 2.14. The molecule has 8 nitrogen and oxygen atoms in total. The number of rotatable bonds is 4. The molecular weight excluding hydrogens is 376 g/mol. The van der Waals surface area contributed by atoms with Gasteiger partial charge in [-0.05, 0) is 24.3 Å². The maximum Gasteiger partial charge on any atom is 0.586 e. The number of benzene rings is 1. The van der Waals surface area contributed by atoms with Crippen LogP contribution in [0.15, 0.2) is 41.0 Å². The summed E-state index contributed by atoms with van der Waals surface area (Å²) in [4.78, 5) is 28.0. The molecule has 1 N–H and O–H groups in total. The summed E-state index contributed by atoms with van der Waals surface area (Å²) >= 11 is 0. The fourth-order valence-electron chi connectivity index (χ4n) is 3.10. The maximum absolute atomic E-state index is 13.0. The number of furan rings is 1. The van der Waals surface area contributed by atoms with Crippen LogP contribution in [-0.2, 0) is 4.79 Å². The van der Waals surface area contributed by atoms with Gasteiger partial charge in [0.15, 0.2) is 17.3 Å². The lowest BCUT2D eigenvalue weighted by Crippen LogP contribution is -2.50. The number of ether oxygens (including phenoxy) is 2. The van der Waals surface area contributed by atoms with Gasteiger partial charge < -0.3 is 24.1 Å². The first-order valence-corrected chi connectivity index (χ1v) is 8.64. The zero-order chi connectivity index (χ0) is 19.7. The molecule has 4 rings (SSSR count). The monoisotopic (exact) mass is 393 g/mol. The highest BCUT2D eigenvalue weighted by Crippen LogP contribution is 2.42. The Hall–Kier alpha value is -3.14. The Balaban J connectivity index is 1.27. The number of fused-ring (bicyclic) bond motifs is 1. The first-order valence-electron chi connectivity index (χ1n) is 8.64. The Bertz CT molecular complexity index is 879. The molecule has 1 aromatic heterocycles. The van der Waals surface area contributed by atoms with E-state index < -0.39 is 6.29 Å². The second kappa shape index (κ2) is 7.12. The zero-order valence-electron chi connectivity index (χ0n) is 14.7. The van der Waals surface area contributed by atoms with Crippen molar-refractivity contribution in [3.63, 3.8) is 0 Å². The van der Waals surface area contributed by atoms with Gasteiger partial charge in [-0.2, -0.15) is 0 Å². The quantitative estimate of drug-likeness (QED) is 0.856. The zero-order valence-corrected chi connectivity index (χ0v) is 14.7. The topological polar surface area (TPSA) is 84.3 Å². The van der Waals surface area contributed by atoms with Crippen molar-refractivity contribution in [1.29, 1.82) is 0 Å². The van der Waals surface area contributed by atoms with Gasteiger partial charge in [0.2, 0.25) is 5.91 Å². The van der Waals surface area contributed by atoms with Gasteiger partial charge in [-0.3, -0.25) is 14.5 Å². The average molecular weight is 393 g/mol. The molecule has 10 heteroatoms. The Kier molecular flexibility index (Phi) is 4.63. The Morgan fingerprint density at radius 2 is 1.82 bits per heavy atom. The summed E-state index contributed by atoms with van der Waals surface area (Å²) in [6, 6.07) is 7.33. The predicted molar refractivity (Wildman–Crippen MR) is 92.3 cm³/mol. The van der Waals surface area contributed by atoms with Crippen molar-refractivity contribution in [3.05, 3.63) is 42.4 Å². The SMILES string of the molecule is O=C(CN1CCN(C(=O)c2ccco2)CC1)Nc1ccc2c(c1)OC(F)(F)O2. The summed E-state index contributed by atoms with van der Waals surface area (Å²) in [5.41, 5.74) is 0.330. The van der Waals surface area contributed by atoms with E-state index in [1.807, 2.05) is 4.90 Å². The van der Waals surface area contributed by atoms with E-state index in [1.54, 1.807) is 17.0 Å². The molecule has 0 radical (unpaired) electrons. The third-order valence-corrected chi connectivity index (χ3v) is 4.44. The number of hydrogen-bond acceptors (Lipinski definition) is 6. The summed E-state index contributed by atoms with van der Waals surface area (Å²) in [6.07, 6.45) is -2.25. The lowest BCUT2D eigenvalue weighted by atomic mass is 10.2. The van der Waals surface area contributed by atoms with E-state index in [0.29, 0.717) is 37.6 Å². The lowest BCUT2D eigenvalue weighted by Gasteiger charge is -2.33. The normalized spacial score (nSPS) is 18.1. The van der Waals surface area contributed by atoms with Crippen molar-refractivity contribution in [2.75, 3.05) is 38.0 Å². The number of anilines is 1. The molecule has 0 unspecified atom stereocenters. The van der Waals surface area contributed by atoms with E-state index in [-0.39, 0.29) is 29.9 Å². The number of hydrogen-bond donors (Lipinski definition) is 1. The lowest BCUT2D eigenvalue weighted by molar-refractivity contribution is -0.286. The van der Waals surface area contributed by atoms with Crippen molar-refractivity contribution in [2.45, 2.75) is 6.29 Å². The fourth-order valence-corrected chi connectivity index (χ4v) is 3.10. The molecule has 0 spiro atoms. The van der Waals surface area contributed by atoms with Crippen molar-refractivity contribution < 1.29 is 32.3 Å². The molecule has 2 aliphatic rings. The molecule has 1 aromatic carbocycles. The molecule has 2 aromatic rings. The van der Waals surface area contributed by atoms with Crippen LogP contribution < -0.4 is 14.8 Å². The van der Waals surface area contributed by atoms with Gasteiger partial charge in [-0.1, -0.05) is 0 Å². The fraction of sp³-hybridized carbons (Fsp3) is 0.333. The number of amides is 2. The highest BCUT2D eigenvalue weighted by atomic mass is 19.3. The smallest absolute Gasteiger partial charge is 0.459 e. The standard InChI is InChI=1S/C18H17F2N3O5/c19-18(20)27-13-4-3-12(10-15(13)28-18)21-16(24)11-22-5-7-23(8-6-22)17(25)14-2-1-9-26-14/h1-4,9-10H,5-8,11H2,(H,21,24). The van der Waals surface area contributed by atoms with Gasteiger partial charge in [0, 0.05) is 37.9 Å². The third kappa shape index (κ3) is 3.91. The van der Waals surface area contributed by atoms with Crippen molar-refractivity contribution in [2.24, 2.45) is 0 Å². The van der Waals surface area contributed by atoms with Crippen LogP contribution in [0.2, 0.25) is 0 Å². The molecule has 0 bridgehead atoms. The molecule has 0 aliphatic carbocycles. The maximum atomic E-state index is 13.0. The van der Waals surface area contributed by atoms with Crippen LogP contribution in [0.25, 0.3) is 0 Å². The van der Waals surface area contributed by atoms with Crippen LogP contribution >= 0.6 is 0 Å². The second-order valence-corrected chi connectivity index (χ2v) is 6.42. The van der Waals surface area contributed by atoms with Gasteiger partial charge >= 0.3 is 6.29 Å². The van der Waals surface area contributed by atoms with Gasteiger partial charge in [0.1, 0.15) is 0 Å². The van der Waals surface area contributed by atoms with E-state index in [9.17, 15) is 18.4 Å². The molecule has 148 valence electrons. The number of halogens is 2. The largest absolute Gasteiger partial charge is 0.586 e. The highest BCUT2D eigenvalue weighted by molar-refractivity contribution is 5.93. The molecule has 2 amide bonds. The Morgan fingerprint density at radius 1 is 1.07 bits per heavy atom. The molecule has 1 fully saturated rings. The molecule has 2 aliphatic heterocycles. The van der Waals surface area contributed by atoms with E-state index in [4.69, 9.17) is 4.42 Å². The molecule has 28 heavy (non-hydrogen) atoms. The number of nitrogens with zero attached hydrogens (tertiary/aromatic N) is 2. The minimum absolute atomic E-state index is 0.0830. The second-order valence-electron chi connectivity index (χ2n) is 6.42. The number of alkyl halides is 2. The molecule has 0 saturated carbocycles. The van der Waals surface area contributed by atoms with Crippen molar-refractivity contribution >= 4 is 17.5 Å². The highest BCUT2D eigenvalue weighted by Gasteiger charge is 2.43.